The molecule has 0 atom stereocenters. The molecule has 0 aliphatic heterocycles. The minimum absolute atomic E-state index is 0.385. The molecule has 15 heavy (non-hydrogen) atoms. The van der Waals surface area contributed by atoms with Gasteiger partial charge in [0.05, 0.1) is 18.6 Å². The number of hydrogen-bond acceptors (Lipinski definition) is 3. The molecule has 1 aromatic carbocycles. The van der Waals surface area contributed by atoms with Crippen LogP contribution in [-0.2, 0) is 0 Å². The molecule has 0 bridgehead atoms. The van der Waals surface area contributed by atoms with Crippen LogP contribution in [0.2, 0.25) is 0 Å². The zero-order valence-electron chi connectivity index (χ0n) is 8.18. The molecular weight excluding hydrogens is 188 g/mol. The van der Waals surface area contributed by atoms with Gasteiger partial charge >= 0.3 is 0 Å². The van der Waals surface area contributed by atoms with Gasteiger partial charge in [-0.2, -0.15) is 10.5 Å². The smallest absolute Gasteiger partial charge is 0.119 e. The number of benzene rings is 1. The molecule has 0 aliphatic carbocycles. The Hall–Kier alpha value is -2.26. The van der Waals surface area contributed by atoms with Crippen LogP contribution in [0.3, 0.4) is 0 Å². The van der Waals surface area contributed by atoms with Gasteiger partial charge in [0, 0.05) is 6.08 Å². The maximum Gasteiger partial charge on any atom is 0.119 e. The summed E-state index contributed by atoms with van der Waals surface area (Å²) in [5.74, 6) is 0.736. The van der Waals surface area contributed by atoms with Crippen molar-refractivity contribution in [1.82, 2.24) is 0 Å². The van der Waals surface area contributed by atoms with Crippen molar-refractivity contribution in [1.29, 1.82) is 10.5 Å². The molecule has 0 aliphatic rings. The molecule has 3 heteroatoms. The predicted octanol–water partition coefficient (Wildman–Crippen LogP) is 2.52. The highest BCUT2D eigenvalue weighted by Gasteiger charge is 1.92. The van der Waals surface area contributed by atoms with E-state index in [0.717, 1.165) is 11.3 Å². The minimum Gasteiger partial charge on any atom is -0.493 e. The van der Waals surface area contributed by atoms with Gasteiger partial charge in [0.15, 0.2) is 0 Å². The zero-order valence-corrected chi connectivity index (χ0v) is 8.18. The van der Waals surface area contributed by atoms with Crippen LogP contribution in [0.4, 0.5) is 0 Å². The molecule has 0 radical (unpaired) electrons. The first-order chi connectivity index (χ1) is 7.36. The van der Waals surface area contributed by atoms with Crippen LogP contribution in [0, 0.1) is 22.7 Å². The maximum atomic E-state index is 8.33. The maximum absolute atomic E-state index is 8.33. The lowest BCUT2D eigenvalue weighted by Gasteiger charge is -2.02. The summed E-state index contributed by atoms with van der Waals surface area (Å²) in [4.78, 5) is 0. The molecule has 74 valence electrons. The Labute approximate surface area is 88.8 Å². The largest absolute Gasteiger partial charge is 0.493 e. The van der Waals surface area contributed by atoms with Gasteiger partial charge in [-0.3, -0.25) is 0 Å². The van der Waals surface area contributed by atoms with Crippen LogP contribution in [0.15, 0.2) is 30.3 Å². The average Bonchev–Trinajstić information content (AvgIpc) is 2.28. The van der Waals surface area contributed by atoms with Crippen molar-refractivity contribution in [2.75, 3.05) is 6.61 Å². The summed E-state index contributed by atoms with van der Waals surface area (Å²) in [5, 5.41) is 16.6. The average molecular weight is 198 g/mol. The highest BCUT2D eigenvalue weighted by molar-refractivity contribution is 5.52. The highest BCUT2D eigenvalue weighted by atomic mass is 16.5. The second-order valence-corrected chi connectivity index (χ2v) is 2.79. The quantitative estimate of drug-likeness (QED) is 0.551. The normalized spacial score (nSPS) is 9.47. The van der Waals surface area contributed by atoms with Gasteiger partial charge in [0.25, 0.3) is 0 Å². The lowest BCUT2D eigenvalue weighted by molar-refractivity contribution is 0.326. The number of nitriles is 2. The molecule has 0 saturated carbocycles. The van der Waals surface area contributed by atoms with Gasteiger partial charge in [-0.15, -0.1) is 0 Å². The molecule has 0 heterocycles. The Kier molecular flexibility index (Phi) is 4.50. The Morgan fingerprint density at radius 1 is 1.20 bits per heavy atom. The fourth-order valence-corrected chi connectivity index (χ4v) is 1.02. The van der Waals surface area contributed by atoms with Crippen molar-refractivity contribution in [2.45, 2.75) is 6.42 Å². The van der Waals surface area contributed by atoms with Crippen LogP contribution in [0.5, 0.6) is 5.75 Å². The Morgan fingerprint density at radius 3 is 2.53 bits per heavy atom. The highest BCUT2D eigenvalue weighted by Crippen LogP contribution is 2.13. The van der Waals surface area contributed by atoms with Gasteiger partial charge in [0.2, 0.25) is 0 Å². The molecule has 0 N–H and O–H groups in total. The summed E-state index contributed by atoms with van der Waals surface area (Å²) in [6.45, 7) is 0.407. The molecule has 1 rings (SSSR count). The van der Waals surface area contributed by atoms with E-state index < -0.39 is 0 Å². The molecule has 0 saturated heterocycles. The van der Waals surface area contributed by atoms with Crippen molar-refractivity contribution < 1.29 is 4.74 Å². The van der Waals surface area contributed by atoms with E-state index in [-0.39, 0.29) is 0 Å². The second-order valence-electron chi connectivity index (χ2n) is 2.79. The van der Waals surface area contributed by atoms with Crippen LogP contribution in [0.25, 0.3) is 6.08 Å². The van der Waals surface area contributed by atoms with Gasteiger partial charge in [0.1, 0.15) is 12.4 Å². The first-order valence-electron chi connectivity index (χ1n) is 4.53. The molecule has 0 aromatic heterocycles. The van der Waals surface area contributed by atoms with E-state index in [9.17, 15) is 0 Å². The first-order valence-corrected chi connectivity index (χ1v) is 4.53. The van der Waals surface area contributed by atoms with E-state index in [1.54, 1.807) is 6.08 Å². The van der Waals surface area contributed by atoms with Crippen molar-refractivity contribution in [3.8, 4) is 17.9 Å². The van der Waals surface area contributed by atoms with Crippen molar-refractivity contribution in [2.24, 2.45) is 0 Å². The third-order valence-electron chi connectivity index (χ3n) is 1.71. The fourth-order valence-electron chi connectivity index (χ4n) is 1.02. The zero-order chi connectivity index (χ0) is 10.9. The predicted molar refractivity (Wildman–Crippen MR) is 56.8 cm³/mol. The van der Waals surface area contributed by atoms with Crippen molar-refractivity contribution in [3.63, 3.8) is 0 Å². The molecular formula is C12H10N2O. The van der Waals surface area contributed by atoms with Crippen LogP contribution >= 0.6 is 0 Å². The molecule has 1 aromatic rings. The lowest BCUT2D eigenvalue weighted by atomic mass is 10.2. The monoisotopic (exact) mass is 198 g/mol. The summed E-state index contributed by atoms with van der Waals surface area (Å²) >= 11 is 0. The van der Waals surface area contributed by atoms with Gasteiger partial charge in [-0.05, 0) is 23.8 Å². The van der Waals surface area contributed by atoms with Crippen LogP contribution in [-0.4, -0.2) is 6.61 Å². The number of nitrogens with zero attached hydrogens (tertiary/aromatic N) is 2. The van der Waals surface area contributed by atoms with E-state index in [2.05, 4.69) is 0 Å². The molecule has 0 fully saturated rings. The van der Waals surface area contributed by atoms with E-state index in [0.29, 0.717) is 13.0 Å². The second kappa shape index (κ2) is 6.23. The van der Waals surface area contributed by atoms with E-state index in [1.165, 1.54) is 6.08 Å². The number of allylic oxidation sites excluding steroid dienone is 1. The lowest BCUT2D eigenvalue weighted by Crippen LogP contribution is -1.95. The van der Waals surface area contributed by atoms with Crippen molar-refractivity contribution in [3.05, 3.63) is 35.9 Å². The third kappa shape index (κ3) is 3.97. The number of rotatable bonds is 4. The SMILES string of the molecule is N#CC=Cc1ccc(OCCC#N)cc1. The summed E-state index contributed by atoms with van der Waals surface area (Å²) < 4.78 is 5.29. The summed E-state index contributed by atoms with van der Waals surface area (Å²) in [7, 11) is 0. The molecule has 3 nitrogen and oxygen atoms in total. The Balaban J connectivity index is 2.54. The summed E-state index contributed by atoms with van der Waals surface area (Å²) in [6, 6.07) is 11.3. The summed E-state index contributed by atoms with van der Waals surface area (Å²) in [6.07, 6.45) is 3.53. The Bertz CT molecular complexity index is 407. The van der Waals surface area contributed by atoms with Crippen LogP contribution < -0.4 is 4.74 Å². The van der Waals surface area contributed by atoms with Gasteiger partial charge < -0.3 is 4.74 Å². The molecule has 0 spiro atoms. The molecule has 0 unspecified atom stereocenters. The van der Waals surface area contributed by atoms with Gasteiger partial charge in [-0.25, -0.2) is 0 Å². The Morgan fingerprint density at radius 2 is 1.93 bits per heavy atom. The third-order valence-corrected chi connectivity index (χ3v) is 1.71. The minimum atomic E-state index is 0.385. The van der Waals surface area contributed by atoms with E-state index in [1.807, 2.05) is 36.4 Å². The van der Waals surface area contributed by atoms with Crippen molar-refractivity contribution >= 4 is 6.08 Å². The molecule has 0 amide bonds. The van der Waals surface area contributed by atoms with E-state index >= 15 is 0 Å². The number of hydrogen-bond donors (Lipinski definition) is 0. The summed E-state index contributed by atoms with van der Waals surface area (Å²) in [5.41, 5.74) is 0.948. The fraction of sp³-hybridized carbons (Fsp3) is 0.167. The van der Waals surface area contributed by atoms with Gasteiger partial charge in [-0.1, -0.05) is 12.1 Å². The first kappa shape index (κ1) is 10.8. The van der Waals surface area contributed by atoms with E-state index in [4.69, 9.17) is 15.3 Å². The standard InChI is InChI=1S/C12H10N2O/c13-8-1-3-11-4-6-12(7-5-11)15-10-2-9-14/h1,3-7H,2,10H2. The van der Waals surface area contributed by atoms with Crippen LogP contribution in [0.1, 0.15) is 12.0 Å². The topological polar surface area (TPSA) is 56.8 Å². The number of ether oxygens (including phenoxy) is 1.